The Morgan fingerprint density at radius 1 is 1.12 bits per heavy atom. The van der Waals surface area contributed by atoms with Crippen LogP contribution in [0.25, 0.3) is 16.3 Å². The van der Waals surface area contributed by atoms with E-state index in [9.17, 15) is 13.2 Å². The van der Waals surface area contributed by atoms with E-state index in [-0.39, 0.29) is 5.69 Å². The van der Waals surface area contributed by atoms with Crippen LogP contribution in [-0.4, -0.2) is 16.3 Å². The maximum atomic E-state index is 13.5. The predicted molar refractivity (Wildman–Crippen MR) is 101 cm³/mol. The fraction of sp³-hybridized carbons (Fsp3) is 0.278. The number of fused-ring (bicyclic) bond motifs is 1. The molecule has 26 heavy (non-hydrogen) atoms. The van der Waals surface area contributed by atoms with Crippen molar-refractivity contribution in [1.29, 1.82) is 0 Å². The lowest BCUT2D eigenvalue weighted by molar-refractivity contribution is -0.137. The van der Waals surface area contributed by atoms with Gasteiger partial charge >= 0.3 is 6.18 Å². The van der Waals surface area contributed by atoms with Crippen LogP contribution in [0.15, 0.2) is 40.2 Å². The summed E-state index contributed by atoms with van der Waals surface area (Å²) in [6.45, 7) is 0.723. The van der Waals surface area contributed by atoms with Crippen molar-refractivity contribution in [3.8, 4) is 16.3 Å². The van der Waals surface area contributed by atoms with Gasteiger partial charge in [0.05, 0.1) is 19.9 Å². The highest BCUT2D eigenvalue weighted by atomic mass is 79.9. The van der Waals surface area contributed by atoms with Gasteiger partial charge in [0.1, 0.15) is 11.5 Å². The molecule has 0 unspecified atom stereocenters. The number of nitrogens with one attached hydrogen (secondary N) is 1. The molecule has 1 N–H and O–H groups in total. The lowest BCUT2D eigenvalue weighted by Gasteiger charge is -2.15. The normalized spacial score (nSPS) is 14.6. The van der Waals surface area contributed by atoms with Crippen molar-refractivity contribution < 1.29 is 13.2 Å². The van der Waals surface area contributed by atoms with Crippen LogP contribution in [0.2, 0.25) is 0 Å². The number of benzene rings is 1. The van der Waals surface area contributed by atoms with Gasteiger partial charge in [-0.1, -0.05) is 12.1 Å². The van der Waals surface area contributed by atoms with Crippen molar-refractivity contribution in [2.75, 3.05) is 11.9 Å². The third kappa shape index (κ3) is 3.16. The SMILES string of the molecule is FC(F)(F)c1ccccc1-n1nc(-c2ccc(Br)s2)c2c1NCCCC2. The summed E-state index contributed by atoms with van der Waals surface area (Å²) in [6, 6.07) is 9.45. The number of anilines is 1. The first kappa shape index (κ1) is 17.6. The molecule has 0 atom stereocenters. The molecular formula is C18H15BrF3N3S. The summed E-state index contributed by atoms with van der Waals surface area (Å²) in [5.41, 5.74) is 1.10. The van der Waals surface area contributed by atoms with E-state index < -0.39 is 11.7 Å². The predicted octanol–water partition coefficient (Wildman–Crippen LogP) is 6.13. The van der Waals surface area contributed by atoms with Gasteiger partial charge in [-0.25, -0.2) is 4.68 Å². The highest BCUT2D eigenvalue weighted by molar-refractivity contribution is 9.11. The number of nitrogens with zero attached hydrogens (tertiary/aromatic N) is 2. The zero-order valence-electron chi connectivity index (χ0n) is 13.6. The Balaban J connectivity index is 1.95. The third-order valence-corrected chi connectivity index (χ3v) is 6.00. The number of thiophene rings is 1. The number of rotatable bonds is 2. The van der Waals surface area contributed by atoms with E-state index in [1.165, 1.54) is 28.2 Å². The maximum absolute atomic E-state index is 13.5. The molecule has 3 heterocycles. The van der Waals surface area contributed by atoms with Crippen LogP contribution in [0.5, 0.6) is 0 Å². The Bertz CT molecular complexity index is 946. The third-order valence-electron chi connectivity index (χ3n) is 4.37. The van der Waals surface area contributed by atoms with Crippen LogP contribution in [0.4, 0.5) is 19.0 Å². The largest absolute Gasteiger partial charge is 0.418 e. The van der Waals surface area contributed by atoms with Crippen LogP contribution in [0, 0.1) is 0 Å². The maximum Gasteiger partial charge on any atom is 0.418 e. The molecule has 1 aliphatic heterocycles. The van der Waals surface area contributed by atoms with Gasteiger partial charge < -0.3 is 5.32 Å². The fourth-order valence-corrected chi connectivity index (χ4v) is 4.61. The molecule has 0 bridgehead atoms. The minimum Gasteiger partial charge on any atom is -0.370 e. The molecule has 4 rings (SSSR count). The van der Waals surface area contributed by atoms with Crippen molar-refractivity contribution in [3.05, 3.63) is 51.3 Å². The second-order valence-electron chi connectivity index (χ2n) is 6.09. The molecular weight excluding hydrogens is 427 g/mol. The molecule has 2 aromatic heterocycles. The average molecular weight is 442 g/mol. The Hall–Kier alpha value is -1.80. The van der Waals surface area contributed by atoms with E-state index in [0.29, 0.717) is 5.82 Å². The lowest BCUT2D eigenvalue weighted by atomic mass is 10.1. The Kier molecular flexibility index (Phi) is 4.56. The van der Waals surface area contributed by atoms with E-state index in [4.69, 9.17) is 0 Å². The minimum atomic E-state index is -4.44. The summed E-state index contributed by atoms with van der Waals surface area (Å²) in [5.74, 6) is 0.665. The molecule has 3 nitrogen and oxygen atoms in total. The number of aromatic nitrogens is 2. The van der Waals surface area contributed by atoms with Gasteiger partial charge in [0, 0.05) is 12.1 Å². The van der Waals surface area contributed by atoms with Crippen LogP contribution in [0.3, 0.4) is 0 Å². The zero-order chi connectivity index (χ0) is 18.3. The van der Waals surface area contributed by atoms with Gasteiger partial charge in [0.25, 0.3) is 0 Å². The first-order chi connectivity index (χ1) is 12.4. The number of hydrogen-bond donors (Lipinski definition) is 1. The van der Waals surface area contributed by atoms with Crippen molar-refractivity contribution in [1.82, 2.24) is 9.78 Å². The van der Waals surface area contributed by atoms with Gasteiger partial charge in [0.2, 0.25) is 0 Å². The molecule has 3 aromatic rings. The first-order valence-electron chi connectivity index (χ1n) is 8.23. The molecule has 0 saturated carbocycles. The molecule has 0 aliphatic carbocycles. The Morgan fingerprint density at radius 3 is 2.65 bits per heavy atom. The topological polar surface area (TPSA) is 29.9 Å². The first-order valence-corrected chi connectivity index (χ1v) is 9.84. The lowest BCUT2D eigenvalue weighted by Crippen LogP contribution is -2.14. The molecule has 136 valence electrons. The molecule has 0 amide bonds. The molecule has 0 fully saturated rings. The zero-order valence-corrected chi connectivity index (χ0v) is 16.0. The van der Waals surface area contributed by atoms with Gasteiger partial charge in [0.15, 0.2) is 0 Å². The molecule has 0 radical (unpaired) electrons. The van der Waals surface area contributed by atoms with Crippen LogP contribution < -0.4 is 5.32 Å². The smallest absolute Gasteiger partial charge is 0.370 e. The quantitative estimate of drug-likeness (QED) is 0.518. The van der Waals surface area contributed by atoms with Crippen molar-refractivity contribution in [2.45, 2.75) is 25.4 Å². The highest BCUT2D eigenvalue weighted by Crippen LogP contribution is 2.40. The summed E-state index contributed by atoms with van der Waals surface area (Å²) < 4.78 is 42.9. The second-order valence-corrected chi connectivity index (χ2v) is 8.55. The van der Waals surface area contributed by atoms with Crippen molar-refractivity contribution >= 4 is 33.1 Å². The van der Waals surface area contributed by atoms with Crippen LogP contribution in [0.1, 0.15) is 24.0 Å². The second kappa shape index (κ2) is 6.74. The minimum absolute atomic E-state index is 0.0486. The number of halogens is 4. The van der Waals surface area contributed by atoms with E-state index in [0.717, 1.165) is 51.8 Å². The molecule has 0 saturated heterocycles. The average Bonchev–Trinajstić information content (AvgIpc) is 3.09. The number of para-hydroxylation sites is 1. The standard InChI is InChI=1S/C18H15BrF3N3S/c19-15-9-8-14(26-15)16-11-5-3-4-10-23-17(11)25(24-16)13-7-2-1-6-12(13)18(20,21)22/h1-2,6-9,23H,3-5,10H2. The van der Waals surface area contributed by atoms with Crippen LogP contribution in [-0.2, 0) is 12.6 Å². The van der Waals surface area contributed by atoms with E-state index in [1.807, 2.05) is 12.1 Å². The Morgan fingerprint density at radius 2 is 1.92 bits per heavy atom. The van der Waals surface area contributed by atoms with E-state index in [1.54, 1.807) is 6.07 Å². The van der Waals surface area contributed by atoms with Gasteiger partial charge in [-0.15, -0.1) is 11.3 Å². The summed E-state index contributed by atoms with van der Waals surface area (Å²) in [7, 11) is 0. The molecule has 8 heteroatoms. The van der Waals surface area contributed by atoms with Crippen LogP contribution >= 0.6 is 27.3 Å². The number of alkyl halides is 3. The van der Waals surface area contributed by atoms with E-state index in [2.05, 4.69) is 26.3 Å². The van der Waals surface area contributed by atoms with Gasteiger partial charge in [-0.2, -0.15) is 18.3 Å². The fourth-order valence-electron chi connectivity index (χ4n) is 3.21. The summed E-state index contributed by atoms with van der Waals surface area (Å²) >= 11 is 4.98. The molecule has 1 aliphatic rings. The van der Waals surface area contributed by atoms with Gasteiger partial charge in [-0.05, 0) is 59.5 Å². The molecule has 1 aromatic carbocycles. The summed E-state index contributed by atoms with van der Waals surface area (Å²) in [6.07, 6.45) is -1.69. The highest BCUT2D eigenvalue weighted by Gasteiger charge is 2.35. The van der Waals surface area contributed by atoms with Crippen molar-refractivity contribution in [2.24, 2.45) is 0 Å². The molecule has 0 spiro atoms. The monoisotopic (exact) mass is 441 g/mol. The summed E-state index contributed by atoms with van der Waals surface area (Å²) in [4.78, 5) is 0.945. The number of hydrogen-bond acceptors (Lipinski definition) is 3. The van der Waals surface area contributed by atoms with Crippen molar-refractivity contribution in [3.63, 3.8) is 0 Å². The Labute approximate surface area is 161 Å². The summed E-state index contributed by atoms with van der Waals surface area (Å²) in [5, 5.41) is 7.90. The van der Waals surface area contributed by atoms with E-state index >= 15 is 0 Å². The van der Waals surface area contributed by atoms with Gasteiger partial charge in [-0.3, -0.25) is 0 Å².